The van der Waals surface area contributed by atoms with Crippen LogP contribution in [0.15, 0.2) is 29.4 Å². The molecular formula is C14H18N2O4. The summed E-state index contributed by atoms with van der Waals surface area (Å²) in [4.78, 5) is 23.0. The lowest BCUT2D eigenvalue weighted by Crippen LogP contribution is -2.20. The summed E-state index contributed by atoms with van der Waals surface area (Å²) in [7, 11) is 1.55. The number of benzene rings is 1. The first kappa shape index (κ1) is 15.7. The summed E-state index contributed by atoms with van der Waals surface area (Å²) in [5, 5.41) is 3.85. The molecule has 0 unspecified atom stereocenters. The van der Waals surface area contributed by atoms with Crippen molar-refractivity contribution in [2.45, 2.75) is 20.3 Å². The molecule has 0 aliphatic heterocycles. The average Bonchev–Trinajstić information content (AvgIpc) is 2.45. The predicted molar refractivity (Wildman–Crippen MR) is 74.8 cm³/mol. The number of esters is 1. The molecule has 0 saturated heterocycles. The van der Waals surface area contributed by atoms with E-state index in [1.165, 1.54) is 0 Å². The van der Waals surface area contributed by atoms with Gasteiger partial charge in [0, 0.05) is 11.3 Å². The number of amides is 1. The van der Waals surface area contributed by atoms with Crippen LogP contribution in [0.2, 0.25) is 0 Å². The molecule has 0 saturated carbocycles. The molecule has 20 heavy (non-hydrogen) atoms. The molecule has 0 radical (unpaired) electrons. The zero-order valence-corrected chi connectivity index (χ0v) is 11.8. The molecule has 0 heterocycles. The Labute approximate surface area is 117 Å². The minimum absolute atomic E-state index is 0.0523. The van der Waals surface area contributed by atoms with Gasteiger partial charge in [0.25, 0.3) is 5.91 Å². The standard InChI is InChI=1S/C14H18N2O4/c1-4-20-13(17)9-10(2)15-16-14(18)11-5-7-12(19-3)8-6-11/h5-8H,4,9H2,1-3H3,(H,16,18)/b15-10-. The normalized spacial score (nSPS) is 10.8. The number of rotatable bonds is 6. The van der Waals surface area contributed by atoms with Gasteiger partial charge in [-0.05, 0) is 38.1 Å². The molecule has 0 aromatic heterocycles. The van der Waals surface area contributed by atoms with Gasteiger partial charge in [0.2, 0.25) is 0 Å². The van der Waals surface area contributed by atoms with E-state index in [2.05, 4.69) is 10.5 Å². The van der Waals surface area contributed by atoms with Gasteiger partial charge < -0.3 is 9.47 Å². The van der Waals surface area contributed by atoms with Crippen LogP contribution in [0.4, 0.5) is 0 Å². The number of carbonyl (C=O) groups excluding carboxylic acids is 2. The van der Waals surface area contributed by atoms with Crippen LogP contribution in [0, 0.1) is 0 Å². The highest BCUT2D eigenvalue weighted by molar-refractivity contribution is 5.99. The van der Waals surface area contributed by atoms with Crippen molar-refractivity contribution in [3.63, 3.8) is 0 Å². The SMILES string of the molecule is CCOC(=O)C/C(C)=N\NC(=O)c1ccc(OC)cc1. The third-order valence-corrected chi connectivity index (χ3v) is 2.41. The van der Waals surface area contributed by atoms with Crippen molar-refractivity contribution in [2.24, 2.45) is 5.10 Å². The summed E-state index contributed by atoms with van der Waals surface area (Å²) < 4.78 is 9.79. The number of nitrogens with zero attached hydrogens (tertiary/aromatic N) is 1. The van der Waals surface area contributed by atoms with Gasteiger partial charge in [-0.25, -0.2) is 5.43 Å². The molecule has 6 heteroatoms. The van der Waals surface area contributed by atoms with Crippen LogP contribution in [0.1, 0.15) is 30.6 Å². The van der Waals surface area contributed by atoms with E-state index >= 15 is 0 Å². The summed E-state index contributed by atoms with van der Waals surface area (Å²) in [6, 6.07) is 6.63. The molecule has 1 amide bonds. The van der Waals surface area contributed by atoms with Crippen LogP contribution in [0.3, 0.4) is 0 Å². The molecule has 0 aliphatic rings. The van der Waals surface area contributed by atoms with Gasteiger partial charge in [-0.2, -0.15) is 5.10 Å². The quantitative estimate of drug-likeness (QED) is 0.488. The van der Waals surface area contributed by atoms with Crippen molar-refractivity contribution < 1.29 is 19.1 Å². The van der Waals surface area contributed by atoms with Crippen LogP contribution >= 0.6 is 0 Å². The monoisotopic (exact) mass is 278 g/mol. The van der Waals surface area contributed by atoms with Crippen molar-refractivity contribution in [3.8, 4) is 5.75 Å². The lowest BCUT2D eigenvalue weighted by atomic mass is 10.2. The third kappa shape index (κ3) is 5.09. The van der Waals surface area contributed by atoms with Crippen LogP contribution in [-0.2, 0) is 9.53 Å². The molecular weight excluding hydrogens is 260 g/mol. The van der Waals surface area contributed by atoms with Gasteiger partial charge >= 0.3 is 5.97 Å². The van der Waals surface area contributed by atoms with Gasteiger partial charge in [0.1, 0.15) is 5.75 Å². The number of hydrazone groups is 1. The molecule has 1 aromatic rings. The maximum atomic E-state index is 11.8. The summed E-state index contributed by atoms with van der Waals surface area (Å²) in [5.41, 5.74) is 3.32. The van der Waals surface area contributed by atoms with Crippen molar-refractivity contribution in [1.29, 1.82) is 0 Å². The number of hydrogen-bond donors (Lipinski definition) is 1. The zero-order chi connectivity index (χ0) is 15.0. The largest absolute Gasteiger partial charge is 0.497 e. The summed E-state index contributed by atoms with van der Waals surface area (Å²) in [6.45, 7) is 3.70. The van der Waals surface area contributed by atoms with Crippen molar-refractivity contribution >= 4 is 17.6 Å². The van der Waals surface area contributed by atoms with Gasteiger partial charge in [-0.1, -0.05) is 0 Å². The average molecular weight is 278 g/mol. The highest BCUT2D eigenvalue weighted by atomic mass is 16.5. The van der Waals surface area contributed by atoms with Gasteiger partial charge in [-0.3, -0.25) is 9.59 Å². The van der Waals surface area contributed by atoms with Gasteiger partial charge in [0.05, 0.1) is 20.1 Å². The molecule has 0 aliphatic carbocycles. The zero-order valence-electron chi connectivity index (χ0n) is 11.8. The van der Waals surface area contributed by atoms with Crippen LogP contribution in [-0.4, -0.2) is 31.3 Å². The lowest BCUT2D eigenvalue weighted by molar-refractivity contribution is -0.141. The first-order valence-corrected chi connectivity index (χ1v) is 6.20. The second-order valence-corrected chi connectivity index (χ2v) is 4.00. The number of ether oxygens (including phenoxy) is 2. The first-order valence-electron chi connectivity index (χ1n) is 6.20. The molecule has 6 nitrogen and oxygen atoms in total. The molecule has 0 spiro atoms. The molecule has 0 bridgehead atoms. The van der Waals surface area contributed by atoms with Crippen molar-refractivity contribution in [1.82, 2.24) is 5.43 Å². The van der Waals surface area contributed by atoms with Gasteiger partial charge in [0.15, 0.2) is 0 Å². The summed E-state index contributed by atoms with van der Waals surface area (Å²) in [6.07, 6.45) is 0.0523. The fraction of sp³-hybridized carbons (Fsp3) is 0.357. The predicted octanol–water partition coefficient (Wildman–Crippen LogP) is 1.75. The molecule has 0 atom stereocenters. The summed E-state index contributed by atoms with van der Waals surface area (Å²) in [5.74, 6) is -0.0492. The minimum atomic E-state index is -0.368. The van der Waals surface area contributed by atoms with Gasteiger partial charge in [-0.15, -0.1) is 0 Å². The fourth-order valence-corrected chi connectivity index (χ4v) is 1.41. The number of carbonyl (C=O) groups is 2. The highest BCUT2D eigenvalue weighted by Crippen LogP contribution is 2.10. The number of methoxy groups -OCH3 is 1. The molecule has 108 valence electrons. The van der Waals surface area contributed by atoms with E-state index in [-0.39, 0.29) is 18.3 Å². The van der Waals surface area contributed by atoms with Crippen LogP contribution in [0.5, 0.6) is 5.75 Å². The Balaban J connectivity index is 2.54. The second kappa shape index (κ2) is 7.93. The maximum absolute atomic E-state index is 11.8. The molecule has 1 aromatic carbocycles. The smallest absolute Gasteiger partial charge is 0.311 e. The Hall–Kier alpha value is -2.37. The van der Waals surface area contributed by atoms with E-state index in [1.807, 2.05) is 0 Å². The Morgan fingerprint density at radius 1 is 1.25 bits per heavy atom. The summed E-state index contributed by atoms with van der Waals surface area (Å²) >= 11 is 0. The van der Waals surface area contributed by atoms with E-state index in [0.29, 0.717) is 23.6 Å². The molecule has 1 rings (SSSR count). The maximum Gasteiger partial charge on any atom is 0.311 e. The Bertz CT molecular complexity index is 494. The number of hydrogen-bond acceptors (Lipinski definition) is 5. The van der Waals surface area contributed by atoms with E-state index < -0.39 is 0 Å². The second-order valence-electron chi connectivity index (χ2n) is 4.00. The lowest BCUT2D eigenvalue weighted by Gasteiger charge is -2.04. The number of nitrogens with one attached hydrogen (secondary N) is 1. The van der Waals surface area contributed by atoms with E-state index in [1.54, 1.807) is 45.2 Å². The van der Waals surface area contributed by atoms with Crippen molar-refractivity contribution in [3.05, 3.63) is 29.8 Å². The molecule has 1 N–H and O–H groups in total. The Kier molecular flexibility index (Phi) is 6.22. The van der Waals surface area contributed by atoms with E-state index in [0.717, 1.165) is 0 Å². The highest BCUT2D eigenvalue weighted by Gasteiger charge is 2.07. The van der Waals surface area contributed by atoms with Crippen molar-refractivity contribution in [2.75, 3.05) is 13.7 Å². The first-order chi connectivity index (χ1) is 9.56. The minimum Gasteiger partial charge on any atom is -0.497 e. The molecule has 0 fully saturated rings. The van der Waals surface area contributed by atoms with E-state index in [9.17, 15) is 9.59 Å². The Morgan fingerprint density at radius 2 is 1.90 bits per heavy atom. The van der Waals surface area contributed by atoms with Crippen LogP contribution in [0.25, 0.3) is 0 Å². The third-order valence-electron chi connectivity index (χ3n) is 2.41. The topological polar surface area (TPSA) is 77.0 Å². The van der Waals surface area contributed by atoms with Crippen LogP contribution < -0.4 is 10.2 Å². The van der Waals surface area contributed by atoms with E-state index in [4.69, 9.17) is 9.47 Å². The fourth-order valence-electron chi connectivity index (χ4n) is 1.41. The Morgan fingerprint density at radius 3 is 2.45 bits per heavy atom.